The molecule has 2 fully saturated rings. The number of amides is 1. The Morgan fingerprint density at radius 2 is 1.65 bits per heavy atom. The number of thioether (sulfide) groups is 1. The first-order valence-electron chi connectivity index (χ1n) is 12.0. The lowest BCUT2D eigenvalue weighted by molar-refractivity contribution is -0.137. The summed E-state index contributed by atoms with van der Waals surface area (Å²) in [7, 11) is 0. The smallest absolute Gasteiger partial charge is 0.416 e. The maximum absolute atomic E-state index is 14.0. The second kappa shape index (κ2) is 10.4. The molecular formula is C28H24F5NO2S. The second-order valence-corrected chi connectivity index (χ2v) is 10.4. The number of carbonyl (C=O) groups excluding carboxylic acids is 1. The molecule has 0 aliphatic carbocycles. The van der Waals surface area contributed by atoms with Crippen LogP contribution in [0.15, 0.2) is 71.6 Å². The van der Waals surface area contributed by atoms with Crippen LogP contribution in [0.1, 0.15) is 47.2 Å². The molecular weight excluding hydrogens is 509 g/mol. The van der Waals surface area contributed by atoms with Crippen LogP contribution < -0.4 is 4.74 Å². The van der Waals surface area contributed by atoms with Crippen LogP contribution in [0.5, 0.6) is 5.75 Å². The molecule has 0 saturated carbocycles. The van der Waals surface area contributed by atoms with Crippen molar-refractivity contribution in [2.24, 2.45) is 0 Å². The molecule has 3 nitrogen and oxygen atoms in total. The summed E-state index contributed by atoms with van der Waals surface area (Å²) in [5.41, 5.74) is 0.772. The van der Waals surface area contributed by atoms with E-state index < -0.39 is 23.4 Å². The fourth-order valence-corrected chi connectivity index (χ4v) is 6.04. The van der Waals surface area contributed by atoms with Crippen molar-refractivity contribution < 1.29 is 31.5 Å². The molecule has 2 heterocycles. The maximum atomic E-state index is 14.0. The lowest BCUT2D eigenvalue weighted by atomic mass is 9.98. The Morgan fingerprint density at radius 1 is 0.946 bits per heavy atom. The monoisotopic (exact) mass is 533 g/mol. The summed E-state index contributed by atoms with van der Waals surface area (Å²) in [6.45, 7) is 0. The van der Waals surface area contributed by atoms with E-state index in [-0.39, 0.29) is 29.8 Å². The molecule has 1 amide bonds. The van der Waals surface area contributed by atoms with Gasteiger partial charge in [-0.3, -0.25) is 4.79 Å². The molecule has 9 heteroatoms. The predicted octanol–water partition coefficient (Wildman–Crippen LogP) is 7.49. The molecule has 0 N–H and O–H groups in total. The number of rotatable bonds is 6. The van der Waals surface area contributed by atoms with Gasteiger partial charge in [0.25, 0.3) is 5.91 Å². The Morgan fingerprint density at radius 3 is 2.30 bits per heavy atom. The Balaban J connectivity index is 1.19. The first kappa shape index (κ1) is 25.6. The van der Waals surface area contributed by atoms with Crippen molar-refractivity contribution in [1.29, 1.82) is 0 Å². The molecule has 2 unspecified atom stereocenters. The van der Waals surface area contributed by atoms with Gasteiger partial charge in [-0.25, -0.2) is 8.78 Å². The van der Waals surface area contributed by atoms with Gasteiger partial charge in [0.1, 0.15) is 11.9 Å². The average molecular weight is 534 g/mol. The molecule has 2 aliphatic heterocycles. The molecule has 3 aromatic carbocycles. The summed E-state index contributed by atoms with van der Waals surface area (Å²) in [5.74, 6) is -0.980. The Labute approximate surface area is 215 Å². The van der Waals surface area contributed by atoms with Crippen molar-refractivity contribution in [1.82, 2.24) is 4.90 Å². The SMILES string of the molecule is O=C(c1ccc(CSc2cccc(C(F)(F)F)c2)cc1)N1C2CCC1CC(Oc1ccc(F)cc1F)C2. The third-order valence-corrected chi connectivity index (χ3v) is 7.94. The van der Waals surface area contributed by atoms with E-state index in [1.54, 1.807) is 18.2 Å². The fraction of sp³-hybridized carbons (Fsp3) is 0.321. The summed E-state index contributed by atoms with van der Waals surface area (Å²) < 4.78 is 71.8. The van der Waals surface area contributed by atoms with E-state index in [4.69, 9.17) is 4.74 Å². The lowest BCUT2D eigenvalue weighted by Crippen LogP contribution is -2.49. The van der Waals surface area contributed by atoms with Crippen molar-refractivity contribution in [3.05, 3.63) is 95.1 Å². The van der Waals surface area contributed by atoms with Crippen LogP contribution in [0.3, 0.4) is 0 Å². The zero-order chi connectivity index (χ0) is 26.2. The average Bonchev–Trinajstić information content (AvgIpc) is 3.14. The molecule has 2 aliphatic rings. The number of fused-ring (bicyclic) bond motifs is 2. The zero-order valence-electron chi connectivity index (χ0n) is 19.7. The molecule has 5 rings (SSSR count). The molecule has 0 aromatic heterocycles. The van der Waals surface area contributed by atoms with Crippen LogP contribution in [0, 0.1) is 11.6 Å². The van der Waals surface area contributed by atoms with Gasteiger partial charge in [0.15, 0.2) is 11.6 Å². The van der Waals surface area contributed by atoms with Crippen molar-refractivity contribution in [3.8, 4) is 5.75 Å². The van der Waals surface area contributed by atoms with E-state index in [1.807, 2.05) is 17.0 Å². The molecule has 0 radical (unpaired) electrons. The number of hydrogen-bond acceptors (Lipinski definition) is 3. The molecule has 2 saturated heterocycles. The van der Waals surface area contributed by atoms with Gasteiger partial charge in [-0.15, -0.1) is 11.8 Å². The van der Waals surface area contributed by atoms with Crippen LogP contribution >= 0.6 is 11.8 Å². The fourth-order valence-electron chi connectivity index (χ4n) is 5.13. The van der Waals surface area contributed by atoms with Gasteiger partial charge in [0.2, 0.25) is 0 Å². The number of alkyl halides is 3. The van der Waals surface area contributed by atoms with E-state index in [1.165, 1.54) is 23.9 Å². The highest BCUT2D eigenvalue weighted by molar-refractivity contribution is 7.98. The third kappa shape index (κ3) is 5.76. The van der Waals surface area contributed by atoms with Crippen molar-refractivity contribution >= 4 is 17.7 Å². The van der Waals surface area contributed by atoms with Crippen LogP contribution in [0.2, 0.25) is 0 Å². The van der Waals surface area contributed by atoms with Gasteiger partial charge in [0, 0.05) is 47.2 Å². The van der Waals surface area contributed by atoms with E-state index in [0.29, 0.717) is 29.1 Å². The topological polar surface area (TPSA) is 29.5 Å². The molecule has 37 heavy (non-hydrogen) atoms. The Hall–Kier alpha value is -3.07. The number of nitrogens with zero attached hydrogens (tertiary/aromatic N) is 1. The molecule has 194 valence electrons. The Bertz CT molecular complexity index is 1270. The number of carbonyl (C=O) groups is 1. The summed E-state index contributed by atoms with van der Waals surface area (Å²) in [6, 6.07) is 15.6. The minimum atomic E-state index is -4.38. The minimum Gasteiger partial charge on any atom is -0.487 e. The van der Waals surface area contributed by atoms with Gasteiger partial charge in [-0.05, 0) is 60.9 Å². The van der Waals surface area contributed by atoms with Crippen LogP contribution in [-0.2, 0) is 11.9 Å². The number of piperidine rings is 1. The summed E-state index contributed by atoms with van der Waals surface area (Å²) in [5, 5.41) is 0. The minimum absolute atomic E-state index is 0.0177. The highest BCUT2D eigenvalue weighted by atomic mass is 32.2. The van der Waals surface area contributed by atoms with Crippen LogP contribution in [0.4, 0.5) is 22.0 Å². The second-order valence-electron chi connectivity index (χ2n) is 9.39. The van der Waals surface area contributed by atoms with Gasteiger partial charge >= 0.3 is 6.18 Å². The van der Waals surface area contributed by atoms with E-state index in [0.717, 1.165) is 42.7 Å². The number of ether oxygens (including phenoxy) is 1. The maximum Gasteiger partial charge on any atom is 0.416 e. The first-order chi connectivity index (χ1) is 17.7. The normalized spacial score (nSPS) is 21.2. The van der Waals surface area contributed by atoms with Crippen molar-refractivity contribution in [2.75, 3.05) is 0 Å². The molecule has 2 atom stereocenters. The molecule has 0 spiro atoms. The summed E-state index contributed by atoms with van der Waals surface area (Å²) >= 11 is 1.30. The van der Waals surface area contributed by atoms with Gasteiger partial charge in [-0.2, -0.15) is 13.2 Å². The van der Waals surface area contributed by atoms with Crippen molar-refractivity contribution in [2.45, 2.75) is 60.7 Å². The van der Waals surface area contributed by atoms with Gasteiger partial charge in [0.05, 0.1) is 5.56 Å². The third-order valence-electron chi connectivity index (χ3n) is 6.88. The molecule has 3 aromatic rings. The van der Waals surface area contributed by atoms with Gasteiger partial charge in [-0.1, -0.05) is 18.2 Å². The first-order valence-corrected chi connectivity index (χ1v) is 13.0. The van der Waals surface area contributed by atoms with Crippen LogP contribution in [-0.4, -0.2) is 29.0 Å². The Kier molecular flexibility index (Phi) is 7.16. The van der Waals surface area contributed by atoms with E-state index in [2.05, 4.69) is 0 Å². The van der Waals surface area contributed by atoms with E-state index in [9.17, 15) is 26.7 Å². The lowest BCUT2D eigenvalue weighted by Gasteiger charge is -2.39. The number of benzene rings is 3. The predicted molar refractivity (Wildman–Crippen MR) is 130 cm³/mol. The number of halogens is 5. The van der Waals surface area contributed by atoms with Crippen LogP contribution in [0.25, 0.3) is 0 Å². The zero-order valence-corrected chi connectivity index (χ0v) is 20.5. The highest BCUT2D eigenvalue weighted by Crippen LogP contribution is 2.39. The largest absolute Gasteiger partial charge is 0.487 e. The van der Waals surface area contributed by atoms with Gasteiger partial charge < -0.3 is 9.64 Å². The summed E-state index contributed by atoms with van der Waals surface area (Å²) in [6.07, 6.45) is -1.80. The van der Waals surface area contributed by atoms with E-state index >= 15 is 0 Å². The summed E-state index contributed by atoms with van der Waals surface area (Å²) in [4.78, 5) is 15.7. The quantitative estimate of drug-likeness (QED) is 0.243. The molecule has 2 bridgehead atoms. The highest BCUT2D eigenvalue weighted by Gasteiger charge is 2.44. The number of hydrogen-bond donors (Lipinski definition) is 0. The van der Waals surface area contributed by atoms with Crippen molar-refractivity contribution in [3.63, 3.8) is 0 Å². The standard InChI is InChI=1S/C28H24F5NO2S/c29-20-8-11-26(25(30)13-20)36-23-14-21-9-10-22(15-23)34(21)27(35)18-6-4-17(5-7-18)16-37-24-3-1-2-19(12-24)28(31,32)33/h1-8,11-13,21-23H,9-10,14-16H2.